The molecule has 1 atom stereocenters. The molecule has 1 amide bonds. The third-order valence-corrected chi connectivity index (χ3v) is 8.36. The van der Waals surface area contributed by atoms with E-state index in [-0.39, 0.29) is 24.2 Å². The second-order valence-electron chi connectivity index (χ2n) is 12.0. The number of nitrogens with zero attached hydrogens (tertiary/aromatic N) is 4. The molecule has 2 aromatic carbocycles. The number of hydrogen-bond acceptors (Lipinski definition) is 7. The average Bonchev–Trinajstić information content (AvgIpc) is 3.47. The molecule has 2 N–H and O–H groups in total. The molecule has 8 nitrogen and oxygen atoms in total. The molecule has 3 aromatic rings. The predicted octanol–water partition coefficient (Wildman–Crippen LogP) is 5.07. The summed E-state index contributed by atoms with van der Waals surface area (Å²) in [5.41, 5.74) is 4.90. The summed E-state index contributed by atoms with van der Waals surface area (Å²) in [6.07, 6.45) is 5.12. The van der Waals surface area contributed by atoms with Crippen molar-refractivity contribution in [3.05, 3.63) is 77.1 Å². The zero-order valence-electron chi connectivity index (χ0n) is 23.0. The maximum Gasteiger partial charge on any atom is 0.408 e. The summed E-state index contributed by atoms with van der Waals surface area (Å²) in [6.45, 7) is 7.89. The first kappa shape index (κ1) is 25.6. The number of aromatic nitrogens is 2. The van der Waals surface area contributed by atoms with Gasteiger partial charge < -0.3 is 25.0 Å². The van der Waals surface area contributed by atoms with E-state index in [1.165, 1.54) is 16.7 Å². The zero-order valence-corrected chi connectivity index (χ0v) is 23.0. The second kappa shape index (κ2) is 9.83. The first-order chi connectivity index (χ1) is 18.8. The van der Waals surface area contributed by atoms with Gasteiger partial charge in [-0.15, -0.1) is 0 Å². The topological polar surface area (TPSA) is 90.8 Å². The Hall–Kier alpha value is -3.65. The van der Waals surface area contributed by atoms with Crippen LogP contribution in [0, 0.1) is 5.41 Å². The molecule has 0 bridgehead atoms. The Bertz CT molecular complexity index is 1380. The summed E-state index contributed by atoms with van der Waals surface area (Å²) in [6, 6.07) is 16.7. The lowest BCUT2D eigenvalue weighted by Gasteiger charge is -2.44. The van der Waals surface area contributed by atoms with Gasteiger partial charge in [0, 0.05) is 30.7 Å². The Labute approximate surface area is 230 Å². The number of anilines is 3. The highest BCUT2D eigenvalue weighted by molar-refractivity contribution is 5.69. The molecule has 1 fully saturated rings. The monoisotopic (exact) mass is 527 g/mol. The SMILES string of the molecule is CC(C)(C)OC(=O)NC1c2ccccc2CC12CCN(c1ncc(N3CCc4ccccc43)nc1CO)CC2. The second-order valence-corrected chi connectivity index (χ2v) is 12.0. The van der Waals surface area contributed by atoms with Crippen molar-refractivity contribution < 1.29 is 14.6 Å². The van der Waals surface area contributed by atoms with Crippen LogP contribution in [0.4, 0.5) is 22.1 Å². The fourth-order valence-electron chi connectivity index (χ4n) is 6.56. The number of amides is 1. The Kier molecular flexibility index (Phi) is 6.46. The number of rotatable bonds is 4. The van der Waals surface area contributed by atoms with Crippen LogP contribution < -0.4 is 15.1 Å². The summed E-state index contributed by atoms with van der Waals surface area (Å²) >= 11 is 0. The number of ether oxygens (including phenoxy) is 1. The zero-order chi connectivity index (χ0) is 27.2. The van der Waals surface area contributed by atoms with Crippen molar-refractivity contribution in [2.75, 3.05) is 29.4 Å². The quantitative estimate of drug-likeness (QED) is 0.489. The van der Waals surface area contributed by atoms with Crippen LogP contribution in [-0.4, -0.2) is 46.4 Å². The lowest BCUT2D eigenvalue weighted by atomic mass is 9.72. The van der Waals surface area contributed by atoms with Crippen LogP contribution in [0.15, 0.2) is 54.7 Å². The molecule has 1 aromatic heterocycles. The van der Waals surface area contributed by atoms with E-state index in [9.17, 15) is 9.90 Å². The van der Waals surface area contributed by atoms with E-state index in [2.05, 4.69) is 51.5 Å². The largest absolute Gasteiger partial charge is 0.444 e. The van der Waals surface area contributed by atoms with Gasteiger partial charge in [-0.2, -0.15) is 0 Å². The van der Waals surface area contributed by atoms with Crippen LogP contribution in [0.25, 0.3) is 0 Å². The van der Waals surface area contributed by atoms with Crippen LogP contribution in [0.3, 0.4) is 0 Å². The standard InChI is InChI=1S/C31H37N5O3/c1-30(2,3)39-29(38)34-27-23-10-6-4-9-22(23)18-31(27)13-16-35(17-14-31)28-24(20-37)33-26(19-32-28)36-15-12-21-8-5-7-11-25(21)36/h4-11,19,27,37H,12-18,20H2,1-3H3,(H,34,38). The van der Waals surface area contributed by atoms with Gasteiger partial charge in [0.1, 0.15) is 11.3 Å². The molecule has 204 valence electrons. The Morgan fingerprint density at radius 3 is 2.54 bits per heavy atom. The number of aliphatic hydroxyl groups is 1. The van der Waals surface area contributed by atoms with E-state index in [1.54, 1.807) is 0 Å². The molecule has 8 heteroatoms. The van der Waals surface area contributed by atoms with E-state index in [0.717, 1.165) is 62.6 Å². The lowest BCUT2D eigenvalue weighted by Crippen LogP contribution is -2.48. The maximum atomic E-state index is 12.8. The van der Waals surface area contributed by atoms with Crippen molar-refractivity contribution in [1.82, 2.24) is 15.3 Å². The van der Waals surface area contributed by atoms with E-state index in [0.29, 0.717) is 5.69 Å². The Morgan fingerprint density at radius 1 is 1.08 bits per heavy atom. The number of carbonyl (C=O) groups is 1. The predicted molar refractivity (Wildman–Crippen MR) is 151 cm³/mol. The molecule has 1 spiro atoms. The summed E-state index contributed by atoms with van der Waals surface area (Å²) in [5.74, 6) is 1.52. The average molecular weight is 528 g/mol. The van der Waals surface area contributed by atoms with Crippen LogP contribution in [0.5, 0.6) is 0 Å². The Morgan fingerprint density at radius 2 is 1.79 bits per heavy atom. The normalized spacial score (nSPS) is 19.6. The lowest BCUT2D eigenvalue weighted by molar-refractivity contribution is 0.0428. The van der Waals surface area contributed by atoms with Crippen LogP contribution >= 0.6 is 0 Å². The molecule has 6 rings (SSSR count). The maximum absolute atomic E-state index is 12.8. The van der Waals surface area contributed by atoms with Crippen molar-refractivity contribution in [3.8, 4) is 0 Å². The summed E-state index contributed by atoms with van der Waals surface area (Å²) in [5, 5.41) is 13.5. The minimum absolute atomic E-state index is 0.0941. The van der Waals surface area contributed by atoms with E-state index in [4.69, 9.17) is 14.7 Å². The van der Waals surface area contributed by atoms with Gasteiger partial charge in [-0.25, -0.2) is 14.8 Å². The molecule has 3 aliphatic rings. The molecule has 1 unspecified atom stereocenters. The van der Waals surface area contributed by atoms with Gasteiger partial charge in [0.25, 0.3) is 0 Å². The van der Waals surface area contributed by atoms with Crippen molar-refractivity contribution in [2.45, 2.75) is 64.7 Å². The summed E-state index contributed by atoms with van der Waals surface area (Å²) < 4.78 is 5.63. The fraction of sp³-hybridized carbons (Fsp3) is 0.452. The molecule has 39 heavy (non-hydrogen) atoms. The smallest absolute Gasteiger partial charge is 0.408 e. The van der Waals surface area contributed by atoms with Gasteiger partial charge in [0.05, 0.1) is 18.8 Å². The number of nitrogens with one attached hydrogen (secondary N) is 1. The molecule has 0 saturated carbocycles. The molecule has 1 saturated heterocycles. The van der Waals surface area contributed by atoms with Crippen LogP contribution in [0.1, 0.15) is 62.0 Å². The fourth-order valence-corrected chi connectivity index (χ4v) is 6.56. The number of carbonyl (C=O) groups excluding carboxylic acids is 1. The molecular formula is C31H37N5O3. The minimum atomic E-state index is -0.554. The van der Waals surface area contributed by atoms with Gasteiger partial charge in [-0.1, -0.05) is 42.5 Å². The number of aliphatic hydroxyl groups excluding tert-OH is 1. The van der Waals surface area contributed by atoms with Gasteiger partial charge in [-0.05, 0) is 69.2 Å². The van der Waals surface area contributed by atoms with Crippen molar-refractivity contribution in [3.63, 3.8) is 0 Å². The van der Waals surface area contributed by atoms with Gasteiger partial charge in [0.15, 0.2) is 11.6 Å². The highest BCUT2D eigenvalue weighted by Gasteiger charge is 2.49. The first-order valence-corrected chi connectivity index (χ1v) is 13.9. The third kappa shape index (κ3) is 4.82. The first-order valence-electron chi connectivity index (χ1n) is 13.9. The number of benzene rings is 2. The van der Waals surface area contributed by atoms with Crippen LogP contribution in [0.2, 0.25) is 0 Å². The highest BCUT2D eigenvalue weighted by Crippen LogP contribution is 2.52. The third-order valence-electron chi connectivity index (χ3n) is 8.36. The van der Waals surface area contributed by atoms with E-state index in [1.807, 2.05) is 39.1 Å². The van der Waals surface area contributed by atoms with Gasteiger partial charge in [-0.3, -0.25) is 0 Å². The van der Waals surface area contributed by atoms with E-state index >= 15 is 0 Å². The van der Waals surface area contributed by atoms with Crippen molar-refractivity contribution in [2.24, 2.45) is 5.41 Å². The number of para-hydroxylation sites is 1. The summed E-state index contributed by atoms with van der Waals surface area (Å²) in [4.78, 5) is 26.9. The number of hydrogen-bond donors (Lipinski definition) is 2. The van der Waals surface area contributed by atoms with Gasteiger partial charge >= 0.3 is 6.09 Å². The molecule has 1 aliphatic carbocycles. The summed E-state index contributed by atoms with van der Waals surface area (Å²) in [7, 11) is 0. The number of piperidine rings is 1. The van der Waals surface area contributed by atoms with E-state index < -0.39 is 5.60 Å². The minimum Gasteiger partial charge on any atom is -0.444 e. The molecule has 2 aliphatic heterocycles. The van der Waals surface area contributed by atoms with Crippen molar-refractivity contribution in [1.29, 1.82) is 0 Å². The van der Waals surface area contributed by atoms with Gasteiger partial charge in [0.2, 0.25) is 0 Å². The van der Waals surface area contributed by atoms with Crippen LogP contribution in [-0.2, 0) is 24.2 Å². The van der Waals surface area contributed by atoms with Crippen molar-refractivity contribution >= 4 is 23.4 Å². The Balaban J connectivity index is 1.21. The molecular weight excluding hydrogens is 490 g/mol. The number of alkyl carbamates (subject to hydrolysis) is 1. The number of fused-ring (bicyclic) bond motifs is 2. The molecule has 3 heterocycles. The highest BCUT2D eigenvalue weighted by atomic mass is 16.6. The molecule has 0 radical (unpaired) electrons.